The number of rotatable bonds is 7. The molecule has 0 aliphatic rings. The molecule has 2 amide bonds. The van der Waals surface area contributed by atoms with Crippen molar-refractivity contribution in [3.8, 4) is 0 Å². The van der Waals surface area contributed by atoms with E-state index in [1.54, 1.807) is 5.48 Å². The van der Waals surface area contributed by atoms with Gasteiger partial charge in [-0.05, 0) is 40.6 Å². The van der Waals surface area contributed by atoms with Crippen molar-refractivity contribution in [1.82, 2.24) is 25.8 Å². The molecular formula is C23H20FN5O3. The highest BCUT2D eigenvalue weighted by molar-refractivity contribution is 5.94. The Morgan fingerprint density at radius 1 is 1.03 bits per heavy atom. The molecule has 1 unspecified atom stereocenters. The first-order chi connectivity index (χ1) is 15.5. The first kappa shape index (κ1) is 21.1. The molecule has 3 aromatic carbocycles. The maximum Gasteiger partial charge on any atom is 0.268 e. The number of aromatic nitrogens is 3. The zero-order valence-corrected chi connectivity index (χ0v) is 16.9. The molecule has 1 aromatic heterocycles. The first-order valence-electron chi connectivity index (χ1n) is 9.89. The average Bonchev–Trinajstić information content (AvgIpc) is 3.29. The van der Waals surface area contributed by atoms with Crippen LogP contribution in [0.5, 0.6) is 0 Å². The molecule has 0 spiro atoms. The summed E-state index contributed by atoms with van der Waals surface area (Å²) in [5.41, 5.74) is 3.30. The number of nitrogens with zero attached hydrogens (tertiary/aromatic N) is 3. The van der Waals surface area contributed by atoms with Gasteiger partial charge in [-0.1, -0.05) is 47.7 Å². The number of amides is 2. The van der Waals surface area contributed by atoms with Gasteiger partial charge in [0.05, 0.1) is 12.7 Å². The predicted molar refractivity (Wildman–Crippen MR) is 114 cm³/mol. The Balaban J connectivity index is 1.47. The lowest BCUT2D eigenvalue weighted by Gasteiger charge is -2.15. The Hall–Kier alpha value is -4.11. The number of hydroxylamine groups is 1. The number of nitrogens with one attached hydrogen (secondary N) is 2. The number of hydrogen-bond acceptors (Lipinski definition) is 5. The molecule has 1 heterocycles. The maximum absolute atomic E-state index is 13.0. The SMILES string of the molecule is O=C(NCc1cn(C(Cc2ccc3ccccc3c2)C(=O)NO)nn1)c1ccc(F)cc1. The van der Waals surface area contributed by atoms with Crippen molar-refractivity contribution >= 4 is 22.6 Å². The van der Waals surface area contributed by atoms with Crippen molar-refractivity contribution in [2.24, 2.45) is 0 Å². The van der Waals surface area contributed by atoms with Crippen molar-refractivity contribution in [3.63, 3.8) is 0 Å². The van der Waals surface area contributed by atoms with Gasteiger partial charge in [0.15, 0.2) is 0 Å². The molecule has 9 heteroatoms. The van der Waals surface area contributed by atoms with Gasteiger partial charge in [-0.2, -0.15) is 0 Å². The molecule has 0 radical (unpaired) electrons. The predicted octanol–water partition coefficient (Wildman–Crippen LogP) is 2.79. The Labute approximate surface area is 182 Å². The standard InChI is InChI=1S/C23H20FN5O3/c24-19-9-7-17(8-10-19)22(30)25-13-20-14-29(28-26-20)21(23(31)27-32)12-15-5-6-16-3-1-2-4-18(16)11-15/h1-11,14,21,32H,12-13H2,(H,25,30)(H,27,31). The zero-order chi connectivity index (χ0) is 22.5. The van der Waals surface area contributed by atoms with Crippen LogP contribution in [-0.4, -0.2) is 32.0 Å². The summed E-state index contributed by atoms with van der Waals surface area (Å²) >= 11 is 0. The van der Waals surface area contributed by atoms with E-state index in [2.05, 4.69) is 15.6 Å². The molecule has 1 atom stereocenters. The molecule has 4 rings (SSSR count). The molecule has 8 nitrogen and oxygen atoms in total. The molecule has 0 bridgehead atoms. The number of halogens is 1. The number of carbonyl (C=O) groups excluding carboxylic acids is 2. The minimum Gasteiger partial charge on any atom is -0.346 e. The van der Waals surface area contributed by atoms with E-state index in [0.29, 0.717) is 11.3 Å². The molecule has 4 aromatic rings. The molecule has 0 fully saturated rings. The van der Waals surface area contributed by atoms with Gasteiger partial charge in [-0.15, -0.1) is 5.10 Å². The van der Waals surface area contributed by atoms with Crippen molar-refractivity contribution in [2.45, 2.75) is 19.0 Å². The van der Waals surface area contributed by atoms with E-state index in [4.69, 9.17) is 0 Å². The van der Waals surface area contributed by atoms with Gasteiger partial charge in [0.1, 0.15) is 17.6 Å². The van der Waals surface area contributed by atoms with E-state index in [-0.39, 0.29) is 18.9 Å². The third-order valence-electron chi connectivity index (χ3n) is 5.07. The minimum atomic E-state index is -0.838. The van der Waals surface area contributed by atoms with Crippen LogP contribution in [0.3, 0.4) is 0 Å². The molecule has 0 saturated carbocycles. The third kappa shape index (κ3) is 4.79. The van der Waals surface area contributed by atoms with E-state index in [0.717, 1.165) is 16.3 Å². The third-order valence-corrected chi connectivity index (χ3v) is 5.07. The number of hydrogen-bond donors (Lipinski definition) is 3. The van der Waals surface area contributed by atoms with Crippen LogP contribution in [0.25, 0.3) is 10.8 Å². The number of fused-ring (bicyclic) bond motifs is 1. The Morgan fingerprint density at radius 3 is 2.53 bits per heavy atom. The Bertz CT molecular complexity index is 1260. The van der Waals surface area contributed by atoms with E-state index < -0.39 is 17.8 Å². The lowest BCUT2D eigenvalue weighted by Crippen LogP contribution is -2.32. The van der Waals surface area contributed by atoms with Crippen LogP contribution < -0.4 is 10.8 Å². The highest BCUT2D eigenvalue weighted by Gasteiger charge is 2.22. The summed E-state index contributed by atoms with van der Waals surface area (Å²) in [4.78, 5) is 24.5. The van der Waals surface area contributed by atoms with Crippen molar-refractivity contribution in [1.29, 1.82) is 0 Å². The number of benzene rings is 3. The van der Waals surface area contributed by atoms with Gasteiger partial charge >= 0.3 is 0 Å². The van der Waals surface area contributed by atoms with Crippen LogP contribution in [-0.2, 0) is 17.8 Å². The second-order valence-corrected chi connectivity index (χ2v) is 7.26. The smallest absolute Gasteiger partial charge is 0.268 e. The summed E-state index contributed by atoms with van der Waals surface area (Å²) in [6.07, 6.45) is 1.81. The number of carbonyl (C=O) groups is 2. The van der Waals surface area contributed by atoms with Gasteiger partial charge in [-0.25, -0.2) is 14.6 Å². The quantitative estimate of drug-likeness (QED) is 0.307. The summed E-state index contributed by atoms with van der Waals surface area (Å²) < 4.78 is 14.4. The Kier molecular flexibility index (Phi) is 6.18. The van der Waals surface area contributed by atoms with Gasteiger partial charge < -0.3 is 5.32 Å². The molecule has 0 aliphatic heterocycles. The van der Waals surface area contributed by atoms with Crippen LogP contribution in [0.2, 0.25) is 0 Å². The second kappa shape index (κ2) is 9.36. The molecule has 162 valence electrons. The summed E-state index contributed by atoms with van der Waals surface area (Å²) in [5.74, 6) is -1.45. The fourth-order valence-electron chi connectivity index (χ4n) is 3.39. The van der Waals surface area contributed by atoms with Gasteiger partial charge in [0.25, 0.3) is 11.8 Å². The van der Waals surface area contributed by atoms with Crippen LogP contribution in [0.15, 0.2) is 72.9 Å². The molecule has 3 N–H and O–H groups in total. The van der Waals surface area contributed by atoms with E-state index in [1.165, 1.54) is 35.1 Å². The van der Waals surface area contributed by atoms with E-state index in [1.807, 2.05) is 42.5 Å². The monoisotopic (exact) mass is 433 g/mol. The molecule has 0 saturated heterocycles. The maximum atomic E-state index is 13.0. The summed E-state index contributed by atoms with van der Waals surface area (Å²) in [7, 11) is 0. The second-order valence-electron chi connectivity index (χ2n) is 7.26. The summed E-state index contributed by atoms with van der Waals surface area (Å²) in [6, 6.07) is 18.1. The van der Waals surface area contributed by atoms with Gasteiger partial charge in [0, 0.05) is 12.0 Å². The lowest BCUT2D eigenvalue weighted by molar-refractivity contribution is -0.133. The van der Waals surface area contributed by atoms with Crippen LogP contribution in [0, 0.1) is 5.82 Å². The first-order valence-corrected chi connectivity index (χ1v) is 9.89. The van der Waals surface area contributed by atoms with Crippen molar-refractivity contribution in [2.75, 3.05) is 0 Å². The van der Waals surface area contributed by atoms with E-state index in [9.17, 15) is 19.2 Å². The summed E-state index contributed by atoms with van der Waals surface area (Å²) in [6.45, 7) is 0.0691. The largest absolute Gasteiger partial charge is 0.346 e. The lowest BCUT2D eigenvalue weighted by atomic mass is 10.0. The minimum absolute atomic E-state index is 0.0691. The fourth-order valence-corrected chi connectivity index (χ4v) is 3.39. The van der Waals surface area contributed by atoms with Crippen LogP contribution in [0.4, 0.5) is 4.39 Å². The normalized spacial score (nSPS) is 11.8. The fraction of sp³-hybridized carbons (Fsp3) is 0.130. The topological polar surface area (TPSA) is 109 Å². The Morgan fingerprint density at radius 2 is 1.78 bits per heavy atom. The highest BCUT2D eigenvalue weighted by atomic mass is 19.1. The van der Waals surface area contributed by atoms with Crippen molar-refractivity contribution in [3.05, 3.63) is 95.6 Å². The molecular weight excluding hydrogens is 413 g/mol. The van der Waals surface area contributed by atoms with Gasteiger partial charge in [0.2, 0.25) is 0 Å². The highest BCUT2D eigenvalue weighted by Crippen LogP contribution is 2.20. The van der Waals surface area contributed by atoms with E-state index >= 15 is 0 Å². The van der Waals surface area contributed by atoms with Crippen LogP contribution >= 0.6 is 0 Å². The molecule has 32 heavy (non-hydrogen) atoms. The molecule has 0 aliphatic carbocycles. The zero-order valence-electron chi connectivity index (χ0n) is 16.9. The van der Waals surface area contributed by atoms with Crippen LogP contribution in [0.1, 0.15) is 27.7 Å². The van der Waals surface area contributed by atoms with Crippen molar-refractivity contribution < 1.29 is 19.2 Å². The average molecular weight is 433 g/mol. The summed E-state index contributed by atoms with van der Waals surface area (Å²) in [5, 5.41) is 22.0. The van der Waals surface area contributed by atoms with Gasteiger partial charge in [-0.3, -0.25) is 14.8 Å².